The second kappa shape index (κ2) is 6.49. The van der Waals surface area contributed by atoms with Crippen LogP contribution in [-0.2, 0) is 4.79 Å². The molecular formula is C13H17F3N2OS. The van der Waals surface area contributed by atoms with Crippen LogP contribution in [0.5, 0.6) is 0 Å². The van der Waals surface area contributed by atoms with Crippen molar-refractivity contribution in [1.82, 2.24) is 0 Å². The molecule has 0 aliphatic carbocycles. The minimum absolute atomic E-state index is 0.0765. The Balaban J connectivity index is 2.73. The first-order chi connectivity index (χ1) is 9.20. The van der Waals surface area contributed by atoms with Crippen molar-refractivity contribution in [2.75, 3.05) is 11.9 Å². The van der Waals surface area contributed by atoms with Crippen LogP contribution < -0.4 is 11.1 Å². The van der Waals surface area contributed by atoms with Gasteiger partial charge in [-0.25, -0.2) is 0 Å². The van der Waals surface area contributed by atoms with Gasteiger partial charge in [-0.1, -0.05) is 6.92 Å². The molecule has 112 valence electrons. The van der Waals surface area contributed by atoms with E-state index in [1.54, 1.807) is 6.92 Å². The molecule has 1 amide bonds. The summed E-state index contributed by atoms with van der Waals surface area (Å²) in [5.74, 6) is -0.237. The highest BCUT2D eigenvalue weighted by atomic mass is 32.2. The van der Waals surface area contributed by atoms with Gasteiger partial charge in [-0.2, -0.15) is 13.2 Å². The number of thioether (sulfide) groups is 1. The summed E-state index contributed by atoms with van der Waals surface area (Å²) in [4.78, 5) is 12.1. The maximum absolute atomic E-state index is 12.2. The number of amides is 1. The second-order valence-electron chi connectivity index (χ2n) is 4.64. The molecule has 1 aromatic rings. The van der Waals surface area contributed by atoms with Gasteiger partial charge in [0.25, 0.3) is 0 Å². The number of hydrogen-bond donors (Lipinski definition) is 2. The molecule has 0 fully saturated rings. The molecule has 0 radical (unpaired) electrons. The van der Waals surface area contributed by atoms with E-state index in [0.29, 0.717) is 12.1 Å². The van der Waals surface area contributed by atoms with E-state index in [1.165, 1.54) is 24.3 Å². The molecule has 1 aromatic carbocycles. The predicted molar refractivity (Wildman–Crippen MR) is 74.4 cm³/mol. The van der Waals surface area contributed by atoms with Crippen molar-refractivity contribution in [3.8, 4) is 0 Å². The monoisotopic (exact) mass is 306 g/mol. The summed E-state index contributed by atoms with van der Waals surface area (Å²) in [6.07, 6.45) is 0.581. The molecule has 20 heavy (non-hydrogen) atoms. The SMILES string of the molecule is CCC(C)(CN)C(=O)Nc1ccc(SC(F)(F)F)cc1. The molecule has 1 atom stereocenters. The van der Waals surface area contributed by atoms with Crippen molar-refractivity contribution < 1.29 is 18.0 Å². The Bertz CT molecular complexity index is 456. The predicted octanol–water partition coefficient (Wildman–Crippen LogP) is 3.61. The number of nitrogens with two attached hydrogens (primary N) is 1. The van der Waals surface area contributed by atoms with Crippen molar-refractivity contribution in [1.29, 1.82) is 0 Å². The highest BCUT2D eigenvalue weighted by Crippen LogP contribution is 2.37. The average Bonchev–Trinajstić information content (AvgIpc) is 2.38. The molecule has 3 nitrogen and oxygen atoms in total. The Morgan fingerprint density at radius 3 is 2.25 bits per heavy atom. The molecule has 0 heterocycles. The molecule has 7 heteroatoms. The Kier molecular flexibility index (Phi) is 5.47. The number of benzene rings is 1. The number of hydrogen-bond acceptors (Lipinski definition) is 3. The largest absolute Gasteiger partial charge is 0.446 e. The summed E-state index contributed by atoms with van der Waals surface area (Å²) >= 11 is -0.190. The molecule has 0 saturated carbocycles. The van der Waals surface area contributed by atoms with Crippen LogP contribution >= 0.6 is 11.8 Å². The number of alkyl halides is 3. The third kappa shape index (κ3) is 4.72. The van der Waals surface area contributed by atoms with Gasteiger partial charge in [-0.15, -0.1) is 0 Å². The molecular weight excluding hydrogens is 289 g/mol. The van der Waals surface area contributed by atoms with Gasteiger partial charge in [-0.3, -0.25) is 4.79 Å². The highest BCUT2D eigenvalue weighted by Gasteiger charge is 2.30. The number of nitrogens with one attached hydrogen (secondary N) is 1. The van der Waals surface area contributed by atoms with Crippen LogP contribution in [0, 0.1) is 5.41 Å². The lowest BCUT2D eigenvalue weighted by Gasteiger charge is -2.24. The van der Waals surface area contributed by atoms with E-state index >= 15 is 0 Å². The minimum Gasteiger partial charge on any atom is -0.329 e. The standard InChI is InChI=1S/C13H17F3N2OS/c1-3-12(2,8-17)11(19)18-9-4-6-10(7-5-9)20-13(14,15)16/h4-7H,3,8,17H2,1-2H3,(H,18,19). The van der Waals surface area contributed by atoms with Crippen molar-refractivity contribution in [2.24, 2.45) is 11.1 Å². The molecule has 0 aliphatic rings. The van der Waals surface area contributed by atoms with Gasteiger partial charge in [0.2, 0.25) is 5.91 Å². The number of halogens is 3. The van der Waals surface area contributed by atoms with Crippen molar-refractivity contribution >= 4 is 23.4 Å². The number of carbonyl (C=O) groups excluding carboxylic acids is 1. The first kappa shape index (κ1) is 16.8. The lowest BCUT2D eigenvalue weighted by Crippen LogP contribution is -2.39. The van der Waals surface area contributed by atoms with E-state index in [0.717, 1.165) is 0 Å². The summed E-state index contributed by atoms with van der Waals surface area (Å²) in [5, 5.41) is 2.66. The lowest BCUT2D eigenvalue weighted by atomic mass is 9.86. The summed E-state index contributed by atoms with van der Waals surface area (Å²) in [7, 11) is 0. The zero-order chi connectivity index (χ0) is 15.4. The average molecular weight is 306 g/mol. The Morgan fingerprint density at radius 2 is 1.85 bits per heavy atom. The summed E-state index contributed by atoms with van der Waals surface area (Å²) < 4.78 is 36.5. The summed E-state index contributed by atoms with van der Waals surface area (Å²) in [6, 6.07) is 5.52. The topological polar surface area (TPSA) is 55.1 Å². The van der Waals surface area contributed by atoms with Crippen LogP contribution in [0.25, 0.3) is 0 Å². The molecule has 0 aromatic heterocycles. The summed E-state index contributed by atoms with van der Waals surface area (Å²) in [6.45, 7) is 3.81. The summed E-state index contributed by atoms with van der Waals surface area (Å²) in [5.41, 5.74) is 1.03. The van der Waals surface area contributed by atoms with Crippen LogP contribution in [0.3, 0.4) is 0 Å². The van der Waals surface area contributed by atoms with Gasteiger partial charge >= 0.3 is 5.51 Å². The van der Waals surface area contributed by atoms with E-state index in [-0.39, 0.29) is 29.1 Å². The van der Waals surface area contributed by atoms with Gasteiger partial charge < -0.3 is 11.1 Å². The number of rotatable bonds is 5. The smallest absolute Gasteiger partial charge is 0.329 e. The van der Waals surface area contributed by atoms with E-state index < -0.39 is 10.9 Å². The molecule has 3 N–H and O–H groups in total. The molecule has 0 saturated heterocycles. The van der Waals surface area contributed by atoms with E-state index in [9.17, 15) is 18.0 Å². The fourth-order valence-electron chi connectivity index (χ4n) is 1.42. The van der Waals surface area contributed by atoms with E-state index in [2.05, 4.69) is 5.32 Å². The first-order valence-corrected chi connectivity index (χ1v) is 6.89. The van der Waals surface area contributed by atoms with Gasteiger partial charge in [0.15, 0.2) is 0 Å². The van der Waals surface area contributed by atoms with Crippen LogP contribution in [0.4, 0.5) is 18.9 Å². The van der Waals surface area contributed by atoms with E-state index in [4.69, 9.17) is 5.73 Å². The van der Waals surface area contributed by atoms with Gasteiger partial charge in [0.05, 0.1) is 5.41 Å². The molecule has 1 unspecified atom stereocenters. The third-order valence-corrected chi connectivity index (χ3v) is 3.86. The molecule has 1 rings (SSSR count). The number of anilines is 1. The van der Waals surface area contributed by atoms with Gasteiger partial charge in [-0.05, 0) is 49.4 Å². The van der Waals surface area contributed by atoms with Crippen molar-refractivity contribution in [3.05, 3.63) is 24.3 Å². The van der Waals surface area contributed by atoms with Gasteiger partial charge in [0.1, 0.15) is 0 Å². The fraction of sp³-hybridized carbons (Fsp3) is 0.462. The maximum atomic E-state index is 12.2. The van der Waals surface area contributed by atoms with Crippen molar-refractivity contribution in [3.63, 3.8) is 0 Å². The number of carbonyl (C=O) groups is 1. The fourth-order valence-corrected chi connectivity index (χ4v) is 1.96. The zero-order valence-corrected chi connectivity index (χ0v) is 12.1. The van der Waals surface area contributed by atoms with Crippen LogP contribution in [0.15, 0.2) is 29.2 Å². The Labute approximate surface area is 120 Å². The zero-order valence-electron chi connectivity index (χ0n) is 11.3. The second-order valence-corrected chi connectivity index (χ2v) is 5.78. The van der Waals surface area contributed by atoms with Crippen LogP contribution in [0.1, 0.15) is 20.3 Å². The van der Waals surface area contributed by atoms with Gasteiger partial charge in [0, 0.05) is 17.1 Å². The highest BCUT2D eigenvalue weighted by molar-refractivity contribution is 8.00. The molecule has 0 spiro atoms. The molecule has 0 bridgehead atoms. The molecule has 0 aliphatic heterocycles. The first-order valence-electron chi connectivity index (χ1n) is 6.07. The normalized spacial score (nSPS) is 14.7. The minimum atomic E-state index is -4.31. The quantitative estimate of drug-likeness (QED) is 0.817. The lowest BCUT2D eigenvalue weighted by molar-refractivity contribution is -0.124. The third-order valence-electron chi connectivity index (χ3n) is 3.12. The van der Waals surface area contributed by atoms with E-state index in [1.807, 2.05) is 6.92 Å². The Morgan fingerprint density at radius 1 is 1.30 bits per heavy atom. The Hall–Kier alpha value is -1.21. The van der Waals surface area contributed by atoms with Crippen LogP contribution in [0.2, 0.25) is 0 Å². The van der Waals surface area contributed by atoms with Crippen molar-refractivity contribution in [2.45, 2.75) is 30.7 Å². The van der Waals surface area contributed by atoms with Crippen LogP contribution in [-0.4, -0.2) is 18.0 Å². The maximum Gasteiger partial charge on any atom is 0.446 e.